The fraction of sp³-hybridized carbons (Fsp3) is 0.929. The van der Waals surface area contributed by atoms with Crippen LogP contribution in [0.2, 0.25) is 0 Å². The smallest absolute Gasteiger partial charge is 0.154 e. The van der Waals surface area contributed by atoms with Gasteiger partial charge in [-0.25, -0.2) is 0 Å². The van der Waals surface area contributed by atoms with Crippen LogP contribution in [0.15, 0.2) is 0 Å². The van der Waals surface area contributed by atoms with E-state index >= 15 is 0 Å². The van der Waals surface area contributed by atoms with Crippen molar-refractivity contribution in [2.45, 2.75) is 71.2 Å². The molecular weight excluding hydrogens is 214 g/mol. The molecule has 0 radical (unpaired) electrons. The van der Waals surface area contributed by atoms with Gasteiger partial charge < -0.3 is 9.84 Å². The molecule has 1 N–H and O–H groups in total. The lowest BCUT2D eigenvalue weighted by Crippen LogP contribution is -2.41. The molecule has 2 atom stereocenters. The second kappa shape index (κ2) is 5.84. The van der Waals surface area contributed by atoms with Gasteiger partial charge in [-0.2, -0.15) is 5.26 Å². The van der Waals surface area contributed by atoms with E-state index in [1.807, 2.05) is 6.92 Å². The maximum absolute atomic E-state index is 9.47. The molecule has 0 aliphatic heterocycles. The van der Waals surface area contributed by atoms with E-state index in [0.29, 0.717) is 11.8 Å². The Bertz CT molecular complexity index is 272. The third-order valence-corrected chi connectivity index (χ3v) is 4.08. The van der Waals surface area contributed by atoms with E-state index in [9.17, 15) is 10.4 Å². The average molecular weight is 239 g/mol. The maximum Gasteiger partial charge on any atom is 0.154 e. The molecule has 1 rings (SSSR count). The summed E-state index contributed by atoms with van der Waals surface area (Å²) in [5.74, 6) is 1.39. The molecular formula is C14H25NO2. The van der Waals surface area contributed by atoms with Crippen molar-refractivity contribution in [2.24, 2.45) is 11.8 Å². The van der Waals surface area contributed by atoms with Gasteiger partial charge >= 0.3 is 0 Å². The van der Waals surface area contributed by atoms with Crippen LogP contribution in [0.3, 0.4) is 0 Å². The van der Waals surface area contributed by atoms with Gasteiger partial charge in [0.25, 0.3) is 0 Å². The van der Waals surface area contributed by atoms with Crippen molar-refractivity contribution in [1.82, 2.24) is 0 Å². The molecule has 3 heteroatoms. The molecule has 98 valence electrons. The predicted octanol–water partition coefficient (Wildman–Crippen LogP) is 2.88. The fourth-order valence-electron chi connectivity index (χ4n) is 2.48. The summed E-state index contributed by atoms with van der Waals surface area (Å²) in [5, 5.41) is 18.8. The highest BCUT2D eigenvalue weighted by Crippen LogP contribution is 2.38. The summed E-state index contributed by atoms with van der Waals surface area (Å²) in [6, 6.07) is 2.33. The zero-order valence-corrected chi connectivity index (χ0v) is 11.4. The standard InChI is InChI=1S/C14H25NO2/c1-10(2)13-5-7-14(9-15,8-6-13)17-12(4)11(3)16/h10-13,16H,5-8H2,1-4H3. The van der Waals surface area contributed by atoms with Crippen molar-refractivity contribution >= 4 is 0 Å². The Morgan fingerprint density at radius 3 is 2.12 bits per heavy atom. The van der Waals surface area contributed by atoms with Crippen LogP contribution in [0.5, 0.6) is 0 Å². The molecule has 0 saturated heterocycles. The maximum atomic E-state index is 9.47. The van der Waals surface area contributed by atoms with E-state index in [1.165, 1.54) is 0 Å². The van der Waals surface area contributed by atoms with Gasteiger partial charge in [-0.05, 0) is 51.4 Å². The number of nitriles is 1. The van der Waals surface area contributed by atoms with Gasteiger partial charge in [0.15, 0.2) is 5.60 Å². The number of aliphatic hydroxyl groups excluding tert-OH is 1. The number of aliphatic hydroxyl groups is 1. The minimum absolute atomic E-state index is 0.273. The third kappa shape index (κ3) is 3.69. The van der Waals surface area contributed by atoms with Crippen molar-refractivity contribution in [3.8, 4) is 6.07 Å². The predicted molar refractivity (Wildman–Crippen MR) is 67.4 cm³/mol. The monoisotopic (exact) mass is 239 g/mol. The van der Waals surface area contributed by atoms with E-state index in [-0.39, 0.29) is 6.10 Å². The molecule has 0 aromatic rings. The van der Waals surface area contributed by atoms with E-state index in [1.54, 1.807) is 6.92 Å². The minimum Gasteiger partial charge on any atom is -0.391 e. The number of hydrogen-bond donors (Lipinski definition) is 1. The molecule has 3 nitrogen and oxygen atoms in total. The van der Waals surface area contributed by atoms with Crippen molar-refractivity contribution < 1.29 is 9.84 Å². The number of ether oxygens (including phenoxy) is 1. The zero-order chi connectivity index (χ0) is 13.1. The lowest BCUT2D eigenvalue weighted by atomic mass is 9.75. The summed E-state index contributed by atoms with van der Waals surface area (Å²) in [7, 11) is 0. The Hall–Kier alpha value is -0.590. The second-order valence-electron chi connectivity index (χ2n) is 5.75. The molecule has 1 aliphatic rings. The van der Waals surface area contributed by atoms with Crippen molar-refractivity contribution in [3.05, 3.63) is 0 Å². The highest BCUT2D eigenvalue weighted by molar-refractivity contribution is 5.05. The molecule has 17 heavy (non-hydrogen) atoms. The largest absolute Gasteiger partial charge is 0.391 e. The summed E-state index contributed by atoms with van der Waals surface area (Å²) in [4.78, 5) is 0. The number of hydrogen-bond acceptors (Lipinski definition) is 3. The van der Waals surface area contributed by atoms with Gasteiger partial charge in [0.1, 0.15) is 0 Å². The minimum atomic E-state index is -0.665. The molecule has 0 spiro atoms. The molecule has 0 heterocycles. The Labute approximate surface area is 105 Å². The Morgan fingerprint density at radius 2 is 1.76 bits per heavy atom. The highest BCUT2D eigenvalue weighted by atomic mass is 16.5. The first-order valence-electron chi connectivity index (χ1n) is 6.67. The fourth-order valence-corrected chi connectivity index (χ4v) is 2.48. The van der Waals surface area contributed by atoms with Gasteiger partial charge in [0.05, 0.1) is 18.3 Å². The molecule has 1 aliphatic carbocycles. The zero-order valence-electron chi connectivity index (χ0n) is 11.4. The van der Waals surface area contributed by atoms with Gasteiger partial charge in [-0.3, -0.25) is 0 Å². The van der Waals surface area contributed by atoms with Crippen LogP contribution >= 0.6 is 0 Å². The van der Waals surface area contributed by atoms with Gasteiger partial charge in [-0.1, -0.05) is 13.8 Å². The number of nitrogens with zero attached hydrogens (tertiary/aromatic N) is 1. The topological polar surface area (TPSA) is 53.2 Å². The van der Waals surface area contributed by atoms with E-state index in [4.69, 9.17) is 4.74 Å². The third-order valence-electron chi connectivity index (χ3n) is 4.08. The van der Waals surface area contributed by atoms with E-state index < -0.39 is 11.7 Å². The molecule has 1 saturated carbocycles. The van der Waals surface area contributed by atoms with Crippen LogP contribution in [-0.2, 0) is 4.74 Å². The van der Waals surface area contributed by atoms with Crippen LogP contribution in [-0.4, -0.2) is 22.9 Å². The van der Waals surface area contributed by atoms with Gasteiger partial charge in [0, 0.05) is 0 Å². The SMILES string of the molecule is CC(C)C1CCC(C#N)(OC(C)C(C)O)CC1. The summed E-state index contributed by atoms with van der Waals surface area (Å²) in [6.07, 6.45) is 2.90. The molecule has 0 bridgehead atoms. The van der Waals surface area contributed by atoms with Crippen molar-refractivity contribution in [3.63, 3.8) is 0 Å². The van der Waals surface area contributed by atoms with Crippen molar-refractivity contribution in [2.75, 3.05) is 0 Å². The van der Waals surface area contributed by atoms with Gasteiger partial charge in [0.2, 0.25) is 0 Å². The van der Waals surface area contributed by atoms with Crippen LogP contribution in [0, 0.1) is 23.2 Å². The van der Waals surface area contributed by atoms with Crippen molar-refractivity contribution in [1.29, 1.82) is 5.26 Å². The van der Waals surface area contributed by atoms with E-state index in [0.717, 1.165) is 25.7 Å². The first-order chi connectivity index (χ1) is 7.90. The van der Waals surface area contributed by atoms with E-state index in [2.05, 4.69) is 19.9 Å². The second-order valence-corrected chi connectivity index (χ2v) is 5.75. The highest BCUT2D eigenvalue weighted by Gasteiger charge is 2.39. The first-order valence-corrected chi connectivity index (χ1v) is 6.67. The summed E-state index contributed by atoms with van der Waals surface area (Å²) < 4.78 is 5.81. The lowest BCUT2D eigenvalue weighted by Gasteiger charge is -2.38. The Balaban J connectivity index is 2.59. The van der Waals surface area contributed by atoms with Crippen LogP contribution in [0.25, 0.3) is 0 Å². The van der Waals surface area contributed by atoms with Crippen LogP contribution in [0.1, 0.15) is 53.4 Å². The molecule has 0 aromatic carbocycles. The Kier molecular flexibility index (Phi) is 4.97. The summed E-state index contributed by atoms with van der Waals surface area (Å²) in [5.41, 5.74) is -0.665. The quantitative estimate of drug-likeness (QED) is 0.820. The summed E-state index contributed by atoms with van der Waals surface area (Å²) >= 11 is 0. The molecule has 0 amide bonds. The molecule has 1 fully saturated rings. The van der Waals surface area contributed by atoms with Gasteiger partial charge in [-0.15, -0.1) is 0 Å². The summed E-state index contributed by atoms with van der Waals surface area (Å²) in [6.45, 7) is 8.01. The van der Waals surface area contributed by atoms with Crippen LogP contribution < -0.4 is 0 Å². The lowest BCUT2D eigenvalue weighted by molar-refractivity contribution is -0.115. The molecule has 2 unspecified atom stereocenters. The average Bonchev–Trinajstić information content (AvgIpc) is 2.29. The number of rotatable bonds is 4. The molecule has 0 aromatic heterocycles. The van der Waals surface area contributed by atoms with Crippen LogP contribution in [0.4, 0.5) is 0 Å². The Morgan fingerprint density at radius 1 is 1.24 bits per heavy atom. The normalized spacial score (nSPS) is 33.1. The first kappa shape index (κ1) is 14.5.